The van der Waals surface area contributed by atoms with E-state index in [4.69, 9.17) is 14.3 Å². The maximum absolute atomic E-state index is 12.8. The van der Waals surface area contributed by atoms with Crippen LogP contribution in [0, 0.1) is 0 Å². The molecule has 0 aromatic heterocycles. The highest BCUT2D eigenvalue weighted by atomic mass is 16.5. The fourth-order valence-electron chi connectivity index (χ4n) is 3.86. The van der Waals surface area contributed by atoms with E-state index in [1.807, 2.05) is 62.4 Å². The highest BCUT2D eigenvalue weighted by molar-refractivity contribution is 6.08. The van der Waals surface area contributed by atoms with E-state index >= 15 is 0 Å². The summed E-state index contributed by atoms with van der Waals surface area (Å²) in [6.07, 6.45) is 0. The van der Waals surface area contributed by atoms with Crippen LogP contribution in [0.1, 0.15) is 24.2 Å². The quantitative estimate of drug-likeness (QED) is 0.328. The second-order valence-electron chi connectivity index (χ2n) is 7.28. The van der Waals surface area contributed by atoms with Crippen molar-refractivity contribution in [2.24, 2.45) is 4.99 Å². The van der Waals surface area contributed by atoms with E-state index in [0.717, 1.165) is 39.7 Å². The largest absolute Gasteiger partial charge is 0.460 e. The Labute approximate surface area is 186 Å². The molecule has 0 atom stereocenters. The molecule has 4 rings (SSSR count). The molecule has 2 aliphatic rings. The lowest BCUT2D eigenvalue weighted by atomic mass is 9.90. The molecule has 0 unspecified atom stereocenters. The summed E-state index contributed by atoms with van der Waals surface area (Å²) < 4.78 is 11.5. The van der Waals surface area contributed by atoms with E-state index in [1.165, 1.54) is 0 Å². The Morgan fingerprint density at radius 2 is 1.91 bits per heavy atom. The molecule has 6 nitrogen and oxygen atoms in total. The van der Waals surface area contributed by atoms with Crippen molar-refractivity contribution in [1.82, 2.24) is 0 Å². The highest BCUT2D eigenvalue weighted by Crippen LogP contribution is 2.41. The second-order valence-corrected chi connectivity index (χ2v) is 7.28. The summed E-state index contributed by atoms with van der Waals surface area (Å²) in [4.78, 5) is 17.3. The lowest BCUT2D eigenvalue weighted by Gasteiger charge is -2.18. The van der Waals surface area contributed by atoms with E-state index in [9.17, 15) is 4.79 Å². The fraction of sp³-hybridized carbons (Fsp3) is 0.231. The Bertz CT molecular complexity index is 1290. The van der Waals surface area contributed by atoms with Crippen molar-refractivity contribution in [3.63, 3.8) is 0 Å². The molecule has 0 bridgehead atoms. The van der Waals surface area contributed by atoms with Crippen molar-refractivity contribution in [3.05, 3.63) is 71.6 Å². The third kappa shape index (κ3) is 4.22. The zero-order valence-corrected chi connectivity index (χ0v) is 18.2. The highest BCUT2D eigenvalue weighted by Gasteiger charge is 2.22. The van der Waals surface area contributed by atoms with Gasteiger partial charge in [0.15, 0.2) is 0 Å². The molecular weight excluding hydrogens is 404 g/mol. The average Bonchev–Trinajstić information content (AvgIpc) is 2.81. The van der Waals surface area contributed by atoms with Crippen LogP contribution in [0.4, 0.5) is 5.69 Å². The molecule has 0 saturated heterocycles. The molecule has 2 aromatic carbocycles. The molecule has 0 fully saturated rings. The van der Waals surface area contributed by atoms with Crippen LogP contribution in [0.2, 0.25) is 0 Å². The Balaban J connectivity index is 2.03. The monoisotopic (exact) mass is 430 g/mol. The Morgan fingerprint density at radius 3 is 2.69 bits per heavy atom. The first kappa shape index (κ1) is 21.6. The summed E-state index contributed by atoms with van der Waals surface area (Å²) in [5.74, 6) is 0.216. The fourth-order valence-corrected chi connectivity index (χ4v) is 3.86. The summed E-state index contributed by atoms with van der Waals surface area (Å²) in [5, 5.41) is 14.1. The number of aliphatic hydroxyl groups excluding tert-OH is 1. The number of carbonyl (C=O) groups is 1. The summed E-state index contributed by atoms with van der Waals surface area (Å²) >= 11 is 0. The van der Waals surface area contributed by atoms with Crippen molar-refractivity contribution < 1.29 is 19.1 Å². The number of rotatable bonds is 7. The standard InChI is InChI=1S/C26H26N2O4/c1-3-27-17-9-11-21-23(15-17)32-24-16-18(28-4-2)10-12-22(24)25(21)19-7-5-6-8-20(19)26(30)31-14-13-29/h5-12,15-16,27,29H,3-4,13-14H2,1-2H3/b28-18+. The Hall–Kier alpha value is -3.64. The van der Waals surface area contributed by atoms with Gasteiger partial charge in [0, 0.05) is 47.4 Å². The van der Waals surface area contributed by atoms with E-state index in [-0.39, 0.29) is 13.2 Å². The number of hydrogen-bond acceptors (Lipinski definition) is 6. The van der Waals surface area contributed by atoms with E-state index < -0.39 is 5.97 Å². The third-order valence-corrected chi connectivity index (χ3v) is 5.17. The number of esters is 1. The SMILES string of the molecule is CC/N=c1\ccc2c(-c3ccccc3C(=O)OCCO)c3ccc(NCC)cc3oc-2c1. The minimum atomic E-state index is -0.474. The molecule has 1 heterocycles. The first-order valence-corrected chi connectivity index (χ1v) is 10.8. The number of aliphatic hydroxyl groups is 1. The Kier molecular flexibility index (Phi) is 6.52. The van der Waals surface area contributed by atoms with Crippen LogP contribution in [-0.4, -0.2) is 37.4 Å². The van der Waals surface area contributed by atoms with Gasteiger partial charge >= 0.3 is 5.97 Å². The zero-order chi connectivity index (χ0) is 22.5. The van der Waals surface area contributed by atoms with Crippen LogP contribution < -0.4 is 10.7 Å². The molecule has 0 radical (unpaired) electrons. The number of benzene rings is 3. The van der Waals surface area contributed by atoms with E-state index in [2.05, 4.69) is 10.3 Å². The number of ether oxygens (including phenoxy) is 1. The molecule has 6 heteroatoms. The number of nitrogens with one attached hydrogen (secondary N) is 1. The van der Waals surface area contributed by atoms with Crippen molar-refractivity contribution in [3.8, 4) is 22.5 Å². The van der Waals surface area contributed by atoms with Gasteiger partial charge in [-0.05, 0) is 49.7 Å². The first-order chi connectivity index (χ1) is 15.7. The van der Waals surface area contributed by atoms with Crippen LogP contribution in [0.3, 0.4) is 0 Å². The topological polar surface area (TPSA) is 84.1 Å². The van der Waals surface area contributed by atoms with Crippen LogP contribution in [-0.2, 0) is 4.74 Å². The Morgan fingerprint density at radius 1 is 1.06 bits per heavy atom. The molecule has 2 aromatic rings. The van der Waals surface area contributed by atoms with Gasteiger partial charge in [0.05, 0.1) is 17.5 Å². The van der Waals surface area contributed by atoms with Crippen LogP contribution in [0.15, 0.2) is 70.1 Å². The number of hydrogen-bond donors (Lipinski definition) is 2. The van der Waals surface area contributed by atoms with E-state index in [1.54, 1.807) is 12.1 Å². The second kappa shape index (κ2) is 9.66. The first-order valence-electron chi connectivity index (χ1n) is 10.8. The number of nitrogens with zero attached hydrogens (tertiary/aromatic N) is 1. The van der Waals surface area contributed by atoms with Gasteiger partial charge in [-0.2, -0.15) is 0 Å². The van der Waals surface area contributed by atoms with Gasteiger partial charge in [-0.3, -0.25) is 4.99 Å². The maximum atomic E-state index is 12.8. The predicted octanol–water partition coefficient (Wildman–Crippen LogP) is 4.71. The van der Waals surface area contributed by atoms with E-state index in [0.29, 0.717) is 23.5 Å². The van der Waals surface area contributed by atoms with Crippen LogP contribution in [0.5, 0.6) is 0 Å². The molecule has 1 aliphatic heterocycles. The summed E-state index contributed by atoms with van der Waals surface area (Å²) in [6.45, 7) is 5.23. The molecule has 164 valence electrons. The lowest BCUT2D eigenvalue weighted by Crippen LogP contribution is -2.10. The number of carbonyl (C=O) groups excluding carboxylic acids is 1. The zero-order valence-electron chi connectivity index (χ0n) is 18.2. The van der Waals surface area contributed by atoms with Gasteiger partial charge in [-0.25, -0.2) is 4.79 Å². The van der Waals surface area contributed by atoms with Crippen LogP contribution >= 0.6 is 0 Å². The van der Waals surface area contributed by atoms with Gasteiger partial charge in [-0.1, -0.05) is 18.2 Å². The number of anilines is 1. The maximum Gasteiger partial charge on any atom is 0.338 e. The van der Waals surface area contributed by atoms with Crippen molar-refractivity contribution in [1.29, 1.82) is 0 Å². The summed E-state index contributed by atoms with van der Waals surface area (Å²) in [7, 11) is 0. The number of fused-ring (bicyclic) bond motifs is 2. The van der Waals surface area contributed by atoms with Gasteiger partial charge < -0.3 is 19.6 Å². The molecule has 32 heavy (non-hydrogen) atoms. The van der Waals surface area contributed by atoms with Gasteiger partial charge in [0.1, 0.15) is 18.0 Å². The molecule has 2 N–H and O–H groups in total. The average molecular weight is 431 g/mol. The van der Waals surface area contributed by atoms with Crippen molar-refractivity contribution >= 4 is 22.6 Å². The normalized spacial score (nSPS) is 11.8. The van der Waals surface area contributed by atoms with Gasteiger partial charge in [-0.15, -0.1) is 0 Å². The molecule has 0 saturated carbocycles. The lowest BCUT2D eigenvalue weighted by molar-refractivity contribution is 0.0434. The van der Waals surface area contributed by atoms with Gasteiger partial charge in [0.25, 0.3) is 0 Å². The smallest absolute Gasteiger partial charge is 0.338 e. The minimum Gasteiger partial charge on any atom is -0.460 e. The molecule has 0 amide bonds. The summed E-state index contributed by atoms with van der Waals surface area (Å²) in [5.41, 5.74) is 4.62. The predicted molar refractivity (Wildman–Crippen MR) is 126 cm³/mol. The minimum absolute atomic E-state index is 0.0489. The molecule has 0 spiro atoms. The van der Waals surface area contributed by atoms with Crippen LogP contribution in [0.25, 0.3) is 33.4 Å². The van der Waals surface area contributed by atoms with Gasteiger partial charge in [0.2, 0.25) is 0 Å². The van der Waals surface area contributed by atoms with Crippen molar-refractivity contribution in [2.45, 2.75) is 13.8 Å². The molecule has 1 aliphatic carbocycles. The molecular formula is C26H26N2O4. The summed E-state index contributed by atoms with van der Waals surface area (Å²) in [6, 6.07) is 19.2. The van der Waals surface area contributed by atoms with Crippen molar-refractivity contribution in [2.75, 3.05) is 31.6 Å². The third-order valence-electron chi connectivity index (χ3n) is 5.17.